The number of carbonyl (C=O) groups excluding carboxylic acids is 5. The molecule has 2 aliphatic heterocycles. The lowest BCUT2D eigenvalue weighted by atomic mass is 10.0. The Balaban J connectivity index is 0.720. The Morgan fingerprint density at radius 3 is 2.17 bits per heavy atom. The van der Waals surface area contributed by atoms with Gasteiger partial charge in [-0.2, -0.15) is 4.98 Å². The van der Waals surface area contributed by atoms with E-state index in [0.717, 1.165) is 32.7 Å². The zero-order valence-electron chi connectivity index (χ0n) is 40.6. The first-order valence-electron chi connectivity index (χ1n) is 23.9. The molecule has 72 heavy (non-hydrogen) atoms. The van der Waals surface area contributed by atoms with Crippen LogP contribution in [0.4, 0.5) is 28.8 Å². The number of thiol groups is 1. The van der Waals surface area contributed by atoms with Gasteiger partial charge in [0.1, 0.15) is 17.6 Å². The van der Waals surface area contributed by atoms with Crippen molar-refractivity contribution >= 4 is 71.0 Å². The van der Waals surface area contributed by atoms with Crippen LogP contribution in [0.15, 0.2) is 77.8 Å². The third-order valence-corrected chi connectivity index (χ3v) is 11.8. The molecule has 388 valence electrons. The van der Waals surface area contributed by atoms with Crippen LogP contribution in [0.5, 0.6) is 5.75 Å². The van der Waals surface area contributed by atoms with Crippen LogP contribution < -0.4 is 36.2 Å². The lowest BCUT2D eigenvalue weighted by Gasteiger charge is -2.45. The molecule has 0 spiro atoms. The highest BCUT2D eigenvalue weighted by atomic mass is 32.1. The van der Waals surface area contributed by atoms with E-state index in [4.69, 9.17) is 18.9 Å². The molecule has 2 aliphatic rings. The van der Waals surface area contributed by atoms with Crippen molar-refractivity contribution in [2.45, 2.75) is 56.9 Å². The van der Waals surface area contributed by atoms with Crippen LogP contribution >= 0.6 is 12.6 Å². The number of aryl methyl sites for hydroxylation is 1. The maximum atomic E-state index is 12.9. The Bertz CT molecular complexity index is 2430. The number of carbonyl (C=O) groups is 5. The third kappa shape index (κ3) is 17.4. The number of aromatic nitrogens is 2. The van der Waals surface area contributed by atoms with Crippen molar-refractivity contribution in [3.8, 4) is 5.75 Å². The molecule has 0 saturated carbocycles. The second kappa shape index (κ2) is 28.6. The molecule has 0 bridgehead atoms. The summed E-state index contributed by atoms with van der Waals surface area (Å²) >= 11 is 4.41. The van der Waals surface area contributed by atoms with E-state index in [-0.39, 0.29) is 60.6 Å². The summed E-state index contributed by atoms with van der Waals surface area (Å²) in [6, 6.07) is 18.9. The Morgan fingerprint density at radius 1 is 0.819 bits per heavy atom. The molecule has 0 radical (unpaired) electrons. The number of nitrogens with one attached hydrogen (secondary N) is 5. The van der Waals surface area contributed by atoms with Crippen molar-refractivity contribution in [1.82, 2.24) is 41.2 Å². The lowest BCUT2D eigenvalue weighted by Crippen LogP contribution is -2.52. The van der Waals surface area contributed by atoms with E-state index >= 15 is 0 Å². The van der Waals surface area contributed by atoms with Crippen LogP contribution in [-0.4, -0.2) is 153 Å². The molecule has 3 heterocycles. The fraction of sp³-hybridized carbons (Fsp3) is 0.449. The standard InChI is InChI=1S/C49H63N11O11S/c1-34-32-52-49(56-46(34)53-37-7-3-8-39(72)31-37)54-36-11-13-38(14-12-36)57-21-23-58(24-22-57)59(66)20-17-43(61)50-18-5-25-68-27-29-70-30-28-69-26-6-19-51-45(63)33-71-42-10-4-9-40(35(42)2)48(65)60(67)41-15-16-44(62)55-47(41)64/h3-4,7-14,31-32,41,72H,5-6,15-30,33H2,1-2H3,(H,50,61)(H,51,63)(H,55,62,64)(H2,52,53,54,56)/q-2. The average molecular weight is 1010 g/mol. The summed E-state index contributed by atoms with van der Waals surface area (Å²) in [6.07, 6.45) is 2.93. The van der Waals surface area contributed by atoms with Crippen molar-refractivity contribution in [3.05, 3.63) is 100 Å². The van der Waals surface area contributed by atoms with Gasteiger partial charge in [0, 0.05) is 117 Å². The summed E-state index contributed by atoms with van der Waals surface area (Å²) in [5.74, 6) is -1.43. The number of amides is 5. The fourth-order valence-corrected chi connectivity index (χ4v) is 7.77. The number of hydrazine groups is 1. The summed E-state index contributed by atoms with van der Waals surface area (Å²) in [7, 11) is 0. The van der Waals surface area contributed by atoms with Gasteiger partial charge in [-0.25, -0.2) is 9.99 Å². The largest absolute Gasteiger partial charge is 0.771 e. The molecule has 5 amide bonds. The molecule has 1 unspecified atom stereocenters. The Morgan fingerprint density at radius 2 is 1.49 bits per heavy atom. The molecule has 2 saturated heterocycles. The fourth-order valence-electron chi connectivity index (χ4n) is 7.55. The van der Waals surface area contributed by atoms with Crippen LogP contribution in [0.2, 0.25) is 0 Å². The first-order valence-corrected chi connectivity index (χ1v) is 24.3. The third-order valence-electron chi connectivity index (χ3n) is 11.6. The normalized spacial score (nSPS) is 15.0. The molecule has 22 nitrogen and oxygen atoms in total. The van der Waals surface area contributed by atoms with Gasteiger partial charge >= 0.3 is 0 Å². The number of anilines is 5. The number of hydroxylamine groups is 3. The quantitative estimate of drug-likeness (QED) is 0.0203. The number of imide groups is 1. The second-order valence-corrected chi connectivity index (χ2v) is 17.4. The minimum Gasteiger partial charge on any atom is -0.771 e. The summed E-state index contributed by atoms with van der Waals surface area (Å²) in [4.78, 5) is 73.2. The molecular formula is C49H63N11O11S-2. The molecule has 2 fully saturated rings. The van der Waals surface area contributed by atoms with Gasteiger partial charge < -0.3 is 65.8 Å². The number of ether oxygens (including phenoxy) is 4. The van der Waals surface area contributed by atoms with E-state index in [0.29, 0.717) is 109 Å². The number of hydrogen-bond donors (Lipinski definition) is 6. The molecule has 23 heteroatoms. The van der Waals surface area contributed by atoms with E-state index in [2.05, 4.69) is 54.1 Å². The van der Waals surface area contributed by atoms with Crippen LogP contribution in [0.3, 0.4) is 0 Å². The van der Waals surface area contributed by atoms with E-state index in [1.165, 1.54) is 12.1 Å². The van der Waals surface area contributed by atoms with Crippen molar-refractivity contribution in [2.75, 3.05) is 108 Å². The summed E-state index contributed by atoms with van der Waals surface area (Å²) in [5, 5.41) is 42.4. The first kappa shape index (κ1) is 54.9. The van der Waals surface area contributed by atoms with E-state index in [9.17, 15) is 34.4 Å². The summed E-state index contributed by atoms with van der Waals surface area (Å²) in [5.41, 5.74) is 4.04. The van der Waals surface area contributed by atoms with Gasteiger partial charge in [-0.15, -0.1) is 12.6 Å². The van der Waals surface area contributed by atoms with E-state index in [1.807, 2.05) is 55.5 Å². The molecule has 3 aromatic carbocycles. The molecular weight excluding hydrogens is 951 g/mol. The number of nitrogens with zero attached hydrogens (tertiary/aromatic N) is 6. The van der Waals surface area contributed by atoms with Gasteiger partial charge in [0.25, 0.3) is 5.91 Å². The molecule has 6 rings (SSSR count). The molecule has 4 aromatic rings. The van der Waals surface area contributed by atoms with Crippen LogP contribution in [-0.2, 0) is 33.4 Å². The maximum absolute atomic E-state index is 12.9. The van der Waals surface area contributed by atoms with Crippen LogP contribution in [0, 0.1) is 24.3 Å². The number of rotatable bonds is 28. The number of benzene rings is 3. The molecule has 1 aromatic heterocycles. The molecule has 5 N–H and O–H groups in total. The van der Waals surface area contributed by atoms with Crippen LogP contribution in [0.1, 0.15) is 53.6 Å². The van der Waals surface area contributed by atoms with Crippen molar-refractivity contribution in [1.29, 1.82) is 0 Å². The Kier molecular flexibility index (Phi) is 21.8. The van der Waals surface area contributed by atoms with Gasteiger partial charge in [0.05, 0.1) is 26.4 Å². The smallest absolute Gasteiger partial charge is 0.257 e. The minimum atomic E-state index is -1.31. The number of piperidine rings is 1. The van der Waals surface area contributed by atoms with Gasteiger partial charge in [-0.3, -0.25) is 29.3 Å². The van der Waals surface area contributed by atoms with Crippen molar-refractivity contribution in [2.24, 2.45) is 0 Å². The highest BCUT2D eigenvalue weighted by Crippen LogP contribution is 2.26. The second-order valence-electron chi connectivity index (χ2n) is 16.9. The topological polar surface area (TPSA) is 267 Å². The average Bonchev–Trinajstić information content (AvgIpc) is 3.37. The molecule has 0 aliphatic carbocycles. The maximum Gasteiger partial charge on any atom is 0.257 e. The van der Waals surface area contributed by atoms with E-state index < -0.39 is 23.8 Å². The monoisotopic (exact) mass is 1010 g/mol. The predicted octanol–water partition coefficient (Wildman–Crippen LogP) is 3.98. The highest BCUT2D eigenvalue weighted by Gasteiger charge is 2.31. The van der Waals surface area contributed by atoms with Crippen molar-refractivity contribution in [3.63, 3.8) is 0 Å². The van der Waals surface area contributed by atoms with Gasteiger partial charge in [0.15, 0.2) is 6.61 Å². The highest BCUT2D eigenvalue weighted by molar-refractivity contribution is 7.80. The van der Waals surface area contributed by atoms with Gasteiger partial charge in [-0.1, -0.05) is 12.1 Å². The summed E-state index contributed by atoms with van der Waals surface area (Å²) < 4.78 is 22.3. The number of piperazine rings is 1. The summed E-state index contributed by atoms with van der Waals surface area (Å²) in [6.45, 7) is 8.81. The SMILES string of the molecule is Cc1cnc(Nc2ccc(N3CCN(N([O-])CCC(=O)NCCCOCCOCCOCCCNC(=O)COc4cccc(C(=O)N([O-])C5CCC(=O)NC5=O)c4C)CC3)cc2)nc1Nc1cccc(S)c1. The zero-order valence-corrected chi connectivity index (χ0v) is 41.5. The van der Waals surface area contributed by atoms with Crippen LogP contribution in [0.25, 0.3) is 0 Å². The van der Waals surface area contributed by atoms with Crippen molar-refractivity contribution < 1.29 is 42.9 Å². The number of hydrogen-bond acceptors (Lipinski definition) is 19. The molecule has 1 atom stereocenters. The first-order chi connectivity index (χ1) is 34.8. The Labute approximate surface area is 424 Å². The Hall–Kier alpha value is -6.44. The van der Waals surface area contributed by atoms with Gasteiger partial charge in [-0.05, 0) is 87.7 Å². The zero-order chi connectivity index (χ0) is 51.2. The van der Waals surface area contributed by atoms with Gasteiger partial charge in [0.2, 0.25) is 29.6 Å². The lowest BCUT2D eigenvalue weighted by molar-refractivity contribution is -0.136. The minimum absolute atomic E-state index is 0.0230. The predicted molar refractivity (Wildman–Crippen MR) is 272 cm³/mol. The van der Waals surface area contributed by atoms with E-state index in [1.54, 1.807) is 24.2 Å².